The number of benzene rings is 1. The van der Waals surface area contributed by atoms with Gasteiger partial charge >= 0.3 is 0 Å². The standard InChI is InChI=1S/C18H20Cl2FN3O2/c1-10(22)14-7-6-13(9-23-14)11-2-4-12(5-3-11)16(25)15(8-21)24-18(26)17(19)20/h2-7,9-10,15-17,25H,8,22H2,1H3,(H,24,26). The number of carbonyl (C=O) groups excluding carboxylic acids is 1. The molecule has 0 aliphatic heterocycles. The first kappa shape index (κ1) is 20.6. The molecule has 140 valence electrons. The van der Waals surface area contributed by atoms with Crippen molar-refractivity contribution in [1.82, 2.24) is 10.3 Å². The highest BCUT2D eigenvalue weighted by Crippen LogP contribution is 2.24. The molecule has 0 spiro atoms. The summed E-state index contributed by atoms with van der Waals surface area (Å²) in [6, 6.07) is 9.36. The summed E-state index contributed by atoms with van der Waals surface area (Å²) in [5.74, 6) is -0.757. The van der Waals surface area contributed by atoms with Gasteiger partial charge in [0.05, 0.1) is 11.7 Å². The molecule has 26 heavy (non-hydrogen) atoms. The molecule has 1 aromatic heterocycles. The van der Waals surface area contributed by atoms with Gasteiger partial charge in [-0.25, -0.2) is 4.39 Å². The molecule has 0 aliphatic carbocycles. The Bertz CT molecular complexity index is 724. The first-order valence-electron chi connectivity index (χ1n) is 7.98. The van der Waals surface area contributed by atoms with Gasteiger partial charge in [0, 0.05) is 17.8 Å². The summed E-state index contributed by atoms with van der Waals surface area (Å²) in [4.78, 5) is 14.5. The first-order valence-corrected chi connectivity index (χ1v) is 8.85. The van der Waals surface area contributed by atoms with E-state index in [1.807, 2.05) is 19.1 Å². The predicted molar refractivity (Wildman–Crippen MR) is 101 cm³/mol. The number of aliphatic hydroxyl groups excluding tert-OH is 1. The van der Waals surface area contributed by atoms with E-state index in [1.165, 1.54) is 0 Å². The number of hydrogen-bond acceptors (Lipinski definition) is 4. The van der Waals surface area contributed by atoms with Crippen LogP contribution >= 0.6 is 23.2 Å². The second-order valence-corrected chi connectivity index (χ2v) is 6.99. The summed E-state index contributed by atoms with van der Waals surface area (Å²) >= 11 is 10.9. The highest BCUT2D eigenvalue weighted by atomic mass is 35.5. The van der Waals surface area contributed by atoms with E-state index in [2.05, 4.69) is 10.3 Å². The highest BCUT2D eigenvalue weighted by Gasteiger charge is 2.25. The van der Waals surface area contributed by atoms with E-state index in [9.17, 15) is 14.3 Å². The SMILES string of the molecule is CC(N)c1ccc(-c2ccc(C(O)C(CF)NC(=O)C(Cl)Cl)cc2)cn1. The summed E-state index contributed by atoms with van der Waals surface area (Å²) < 4.78 is 13.2. The molecule has 2 rings (SSSR count). The molecule has 0 fully saturated rings. The van der Waals surface area contributed by atoms with Gasteiger partial charge in [0.1, 0.15) is 12.8 Å². The van der Waals surface area contributed by atoms with Crippen LogP contribution < -0.4 is 11.1 Å². The number of amides is 1. The molecule has 0 bridgehead atoms. The van der Waals surface area contributed by atoms with Crippen molar-refractivity contribution >= 4 is 29.1 Å². The van der Waals surface area contributed by atoms with Gasteiger partial charge in [0.25, 0.3) is 5.91 Å². The number of halogens is 3. The Balaban J connectivity index is 2.13. The largest absolute Gasteiger partial charge is 0.386 e. The lowest BCUT2D eigenvalue weighted by molar-refractivity contribution is -0.121. The Morgan fingerprint density at radius 2 is 1.85 bits per heavy atom. The molecule has 5 nitrogen and oxygen atoms in total. The molecule has 0 saturated heterocycles. The maximum Gasteiger partial charge on any atom is 0.253 e. The van der Waals surface area contributed by atoms with Crippen LogP contribution in [0.15, 0.2) is 42.6 Å². The van der Waals surface area contributed by atoms with Crippen molar-refractivity contribution in [1.29, 1.82) is 0 Å². The van der Waals surface area contributed by atoms with Gasteiger partial charge < -0.3 is 16.2 Å². The fourth-order valence-electron chi connectivity index (χ4n) is 2.40. The summed E-state index contributed by atoms with van der Waals surface area (Å²) in [5, 5.41) is 12.6. The Kier molecular flexibility index (Phi) is 7.34. The highest BCUT2D eigenvalue weighted by molar-refractivity contribution is 6.53. The molecule has 1 aromatic carbocycles. The average molecular weight is 400 g/mol. The lowest BCUT2D eigenvalue weighted by Crippen LogP contribution is -2.43. The molecular formula is C18H20Cl2FN3O2. The first-order chi connectivity index (χ1) is 12.3. The molecule has 3 unspecified atom stereocenters. The Morgan fingerprint density at radius 1 is 1.23 bits per heavy atom. The summed E-state index contributed by atoms with van der Waals surface area (Å²) in [5.41, 5.74) is 8.80. The minimum atomic E-state index is -1.33. The van der Waals surface area contributed by atoms with Crippen molar-refractivity contribution < 1.29 is 14.3 Å². The van der Waals surface area contributed by atoms with Crippen LogP contribution in [0.25, 0.3) is 11.1 Å². The molecule has 1 heterocycles. The quantitative estimate of drug-likeness (QED) is 0.624. The van der Waals surface area contributed by atoms with E-state index in [4.69, 9.17) is 28.9 Å². The van der Waals surface area contributed by atoms with Gasteiger partial charge in [-0.3, -0.25) is 9.78 Å². The van der Waals surface area contributed by atoms with Crippen LogP contribution in [0.1, 0.15) is 30.3 Å². The van der Waals surface area contributed by atoms with Gasteiger partial charge in [0.2, 0.25) is 0 Å². The number of aromatic nitrogens is 1. The van der Waals surface area contributed by atoms with Crippen molar-refractivity contribution in [3.63, 3.8) is 0 Å². The molecule has 2 aromatic rings. The van der Waals surface area contributed by atoms with Gasteiger partial charge in [-0.1, -0.05) is 53.5 Å². The Labute approximate surface area is 161 Å². The van der Waals surface area contributed by atoms with Crippen molar-refractivity contribution in [2.24, 2.45) is 5.73 Å². The van der Waals surface area contributed by atoms with Gasteiger partial charge in [-0.15, -0.1) is 0 Å². The topological polar surface area (TPSA) is 88.2 Å². The molecule has 0 radical (unpaired) electrons. The minimum Gasteiger partial charge on any atom is -0.386 e. The number of alkyl halides is 3. The zero-order valence-corrected chi connectivity index (χ0v) is 15.6. The number of rotatable bonds is 7. The van der Waals surface area contributed by atoms with Crippen LogP contribution in [0.2, 0.25) is 0 Å². The van der Waals surface area contributed by atoms with E-state index in [0.29, 0.717) is 5.56 Å². The average Bonchev–Trinajstić information content (AvgIpc) is 2.65. The van der Waals surface area contributed by atoms with E-state index in [-0.39, 0.29) is 6.04 Å². The number of aliphatic hydroxyl groups is 1. The van der Waals surface area contributed by atoms with Crippen LogP contribution in [0.5, 0.6) is 0 Å². The Hall–Kier alpha value is -1.73. The van der Waals surface area contributed by atoms with Gasteiger partial charge in [-0.2, -0.15) is 0 Å². The number of carbonyl (C=O) groups is 1. The van der Waals surface area contributed by atoms with E-state index >= 15 is 0 Å². The van der Waals surface area contributed by atoms with Crippen molar-refractivity contribution in [2.45, 2.75) is 29.9 Å². The maximum atomic E-state index is 13.2. The van der Waals surface area contributed by atoms with Crippen LogP contribution in [0.3, 0.4) is 0 Å². The van der Waals surface area contributed by atoms with Gasteiger partial charge in [0.15, 0.2) is 4.84 Å². The predicted octanol–water partition coefficient (Wildman–Crippen LogP) is 3.06. The summed E-state index contributed by atoms with van der Waals surface area (Å²) in [7, 11) is 0. The molecular weight excluding hydrogens is 380 g/mol. The molecule has 4 N–H and O–H groups in total. The summed E-state index contributed by atoms with van der Waals surface area (Å²) in [6.07, 6.45) is 0.485. The fourth-order valence-corrected chi connectivity index (χ4v) is 2.52. The third-order valence-electron chi connectivity index (χ3n) is 3.91. The maximum absolute atomic E-state index is 13.2. The second kappa shape index (κ2) is 9.28. The number of nitrogens with one attached hydrogen (secondary N) is 1. The van der Waals surface area contributed by atoms with E-state index in [1.54, 1.807) is 30.5 Å². The zero-order chi connectivity index (χ0) is 19.3. The van der Waals surface area contributed by atoms with E-state index < -0.39 is 29.6 Å². The third-order valence-corrected chi connectivity index (χ3v) is 4.31. The normalized spacial score (nSPS) is 14.7. The van der Waals surface area contributed by atoms with Crippen LogP contribution in [0, 0.1) is 0 Å². The van der Waals surface area contributed by atoms with Gasteiger partial charge in [-0.05, 0) is 24.1 Å². The second-order valence-electron chi connectivity index (χ2n) is 5.90. The number of nitrogens with zero attached hydrogens (tertiary/aromatic N) is 1. The molecule has 0 saturated carbocycles. The molecule has 3 atom stereocenters. The van der Waals surface area contributed by atoms with E-state index in [0.717, 1.165) is 16.8 Å². The molecule has 8 heteroatoms. The molecule has 0 aliphatic rings. The van der Waals surface area contributed by atoms with Crippen LogP contribution in [-0.2, 0) is 4.79 Å². The fraction of sp³-hybridized carbons (Fsp3) is 0.333. The zero-order valence-electron chi connectivity index (χ0n) is 14.1. The summed E-state index contributed by atoms with van der Waals surface area (Å²) in [6.45, 7) is 0.896. The molecule has 1 amide bonds. The number of pyridine rings is 1. The minimum absolute atomic E-state index is 0.144. The number of hydrogen-bond donors (Lipinski definition) is 3. The Morgan fingerprint density at radius 3 is 2.31 bits per heavy atom. The monoisotopic (exact) mass is 399 g/mol. The number of nitrogens with two attached hydrogens (primary N) is 1. The van der Waals surface area contributed by atoms with Crippen molar-refractivity contribution in [3.05, 3.63) is 53.9 Å². The van der Waals surface area contributed by atoms with Crippen LogP contribution in [0.4, 0.5) is 4.39 Å². The lowest BCUT2D eigenvalue weighted by Gasteiger charge is -2.22. The third kappa shape index (κ3) is 5.14. The smallest absolute Gasteiger partial charge is 0.253 e. The lowest BCUT2D eigenvalue weighted by atomic mass is 9.99. The van der Waals surface area contributed by atoms with Crippen molar-refractivity contribution in [2.75, 3.05) is 6.67 Å². The van der Waals surface area contributed by atoms with Crippen molar-refractivity contribution in [3.8, 4) is 11.1 Å². The van der Waals surface area contributed by atoms with Crippen LogP contribution in [-0.4, -0.2) is 33.6 Å².